The standard InChI is InChI=1S/C14H17FN4OS.C8H4.CH4/c1-3-19(4-2)13(20)9-21-14(17-10-16)18-12-8-6-5-7-11(12)15;1-3-5-7-8-6-4-2;/h5-8H,3-4,9H2,1-2H3,(H,17,18);1-2H2;1H4. The Morgan fingerprint density at radius 1 is 1.17 bits per heavy atom. The molecule has 156 valence electrons. The Morgan fingerprint density at radius 3 is 2.20 bits per heavy atom. The minimum Gasteiger partial charge on any atom is -0.343 e. The van der Waals surface area contributed by atoms with Crippen LogP contribution in [0.2, 0.25) is 0 Å². The quantitative estimate of drug-likeness (QED) is 0.241. The summed E-state index contributed by atoms with van der Waals surface area (Å²) in [5.74, 6) is -0.389. The van der Waals surface area contributed by atoms with E-state index in [4.69, 9.17) is 5.26 Å². The van der Waals surface area contributed by atoms with Gasteiger partial charge in [-0.1, -0.05) is 42.8 Å². The van der Waals surface area contributed by atoms with Crippen molar-refractivity contribution in [1.29, 1.82) is 5.26 Å². The van der Waals surface area contributed by atoms with Crippen LogP contribution in [0.1, 0.15) is 21.3 Å². The molecule has 1 aromatic carbocycles. The first-order chi connectivity index (χ1) is 14.0. The van der Waals surface area contributed by atoms with Crippen molar-refractivity contribution in [2.24, 2.45) is 4.99 Å². The second-order valence-corrected chi connectivity index (χ2v) is 5.78. The van der Waals surface area contributed by atoms with Gasteiger partial charge in [-0.2, -0.15) is 5.26 Å². The van der Waals surface area contributed by atoms with Gasteiger partial charge in [-0.15, -0.1) is 0 Å². The van der Waals surface area contributed by atoms with Gasteiger partial charge in [0.25, 0.3) is 0 Å². The van der Waals surface area contributed by atoms with Crippen LogP contribution in [0.15, 0.2) is 76.8 Å². The number of aliphatic imine (C=N–C) groups is 1. The fourth-order valence-corrected chi connectivity index (χ4v) is 2.47. The van der Waals surface area contributed by atoms with Crippen molar-refractivity contribution in [2.75, 3.05) is 18.8 Å². The van der Waals surface area contributed by atoms with E-state index >= 15 is 0 Å². The second-order valence-electron chi connectivity index (χ2n) is 4.81. The van der Waals surface area contributed by atoms with E-state index in [1.54, 1.807) is 23.2 Å². The fourth-order valence-electron chi connectivity index (χ4n) is 1.74. The number of para-hydroxylation sites is 1. The van der Waals surface area contributed by atoms with E-state index in [0.29, 0.717) is 13.1 Å². The summed E-state index contributed by atoms with van der Waals surface area (Å²) in [4.78, 5) is 17.6. The van der Waals surface area contributed by atoms with Gasteiger partial charge in [0.15, 0.2) is 11.4 Å². The Bertz CT molecular complexity index is 941. The van der Waals surface area contributed by atoms with Crippen LogP contribution < -0.4 is 5.32 Å². The number of hydrogen-bond donors (Lipinski definition) is 1. The number of amides is 1. The number of nitrogens with one attached hydrogen (secondary N) is 1. The highest BCUT2D eigenvalue weighted by molar-refractivity contribution is 8.14. The summed E-state index contributed by atoms with van der Waals surface area (Å²) in [6, 6.07) is 6.00. The molecule has 0 unspecified atom stereocenters. The molecule has 0 saturated heterocycles. The summed E-state index contributed by atoms with van der Waals surface area (Å²) in [5, 5.41) is 11.3. The van der Waals surface area contributed by atoms with Crippen molar-refractivity contribution in [3.8, 4) is 6.19 Å². The third-order valence-corrected chi connectivity index (χ3v) is 3.91. The molecule has 0 aliphatic heterocycles. The molecule has 7 heteroatoms. The number of rotatable bonds is 5. The molecule has 0 atom stereocenters. The number of carbonyl (C=O) groups is 1. The van der Waals surface area contributed by atoms with E-state index in [1.807, 2.05) is 13.8 Å². The highest BCUT2D eigenvalue weighted by Gasteiger charge is 2.12. The first kappa shape index (κ1) is 28.6. The van der Waals surface area contributed by atoms with Crippen LogP contribution in [0.5, 0.6) is 0 Å². The number of amidine groups is 1. The lowest BCUT2D eigenvalue weighted by molar-refractivity contribution is -0.127. The summed E-state index contributed by atoms with van der Waals surface area (Å²) >= 11 is 1.08. The van der Waals surface area contributed by atoms with Gasteiger partial charge in [-0.3, -0.25) is 10.1 Å². The molecule has 5 nitrogen and oxygen atoms in total. The highest BCUT2D eigenvalue weighted by atomic mass is 32.2. The van der Waals surface area contributed by atoms with Crippen molar-refractivity contribution in [3.63, 3.8) is 0 Å². The van der Waals surface area contributed by atoms with E-state index in [9.17, 15) is 9.18 Å². The van der Waals surface area contributed by atoms with Crippen LogP contribution in [-0.4, -0.2) is 34.8 Å². The van der Waals surface area contributed by atoms with Crippen LogP contribution in [0.4, 0.5) is 10.1 Å². The van der Waals surface area contributed by atoms with E-state index in [-0.39, 0.29) is 29.9 Å². The topological polar surface area (TPSA) is 68.5 Å². The van der Waals surface area contributed by atoms with E-state index in [1.165, 1.54) is 12.1 Å². The Hall–Kier alpha value is -3.65. The zero-order chi connectivity index (χ0) is 21.9. The predicted molar refractivity (Wildman–Crippen MR) is 122 cm³/mol. The molecule has 0 saturated carbocycles. The summed E-state index contributed by atoms with van der Waals surface area (Å²) < 4.78 is 13.5. The lowest BCUT2D eigenvalue weighted by atomic mass is 10.3. The average Bonchev–Trinajstić information content (AvgIpc) is 2.72. The Balaban J connectivity index is 0. The number of nitriles is 1. The van der Waals surface area contributed by atoms with Crippen LogP contribution in [0.25, 0.3) is 0 Å². The molecule has 1 rings (SSSR count). The molecule has 0 aromatic heterocycles. The molecule has 0 fully saturated rings. The fraction of sp³-hybridized carbons (Fsp3) is 0.261. The van der Waals surface area contributed by atoms with Gasteiger partial charge in [0.05, 0.1) is 5.75 Å². The molecule has 1 aromatic rings. The Labute approximate surface area is 182 Å². The van der Waals surface area contributed by atoms with Gasteiger partial charge >= 0.3 is 0 Å². The minimum atomic E-state index is -0.481. The molecular weight excluding hydrogens is 399 g/mol. The lowest BCUT2D eigenvalue weighted by Crippen LogP contribution is -2.32. The first-order valence-corrected chi connectivity index (χ1v) is 9.45. The maximum Gasteiger partial charge on any atom is 0.233 e. The number of thioether (sulfide) groups is 1. The molecule has 0 aliphatic carbocycles. The summed E-state index contributed by atoms with van der Waals surface area (Å²) in [6.07, 6.45) is 1.74. The molecule has 1 N–H and O–H groups in total. The van der Waals surface area contributed by atoms with Gasteiger partial charge in [0.2, 0.25) is 5.91 Å². The van der Waals surface area contributed by atoms with Gasteiger partial charge in [-0.25, -0.2) is 9.38 Å². The maximum absolute atomic E-state index is 13.5. The smallest absolute Gasteiger partial charge is 0.233 e. The minimum absolute atomic E-state index is 0. The Kier molecular flexibility index (Phi) is 17.8. The number of halogens is 1. The molecule has 0 radical (unpaired) electrons. The highest BCUT2D eigenvalue weighted by Crippen LogP contribution is 2.18. The number of hydrogen-bond acceptors (Lipinski definition) is 4. The van der Waals surface area contributed by atoms with Crippen LogP contribution in [-0.2, 0) is 4.79 Å². The van der Waals surface area contributed by atoms with Gasteiger partial charge < -0.3 is 4.90 Å². The third-order valence-electron chi connectivity index (χ3n) is 3.05. The van der Waals surface area contributed by atoms with Crippen molar-refractivity contribution in [3.05, 3.63) is 77.6 Å². The molecule has 0 bridgehead atoms. The number of benzene rings is 1. The SMILES string of the molecule is C.C=C=C=C=C=C=C=C.CCN(CC)C(=O)CSC(=Nc1ccccc1F)NC#N. The van der Waals surface area contributed by atoms with Gasteiger partial charge in [0.1, 0.15) is 11.5 Å². The van der Waals surface area contributed by atoms with Gasteiger partial charge in [0, 0.05) is 13.1 Å². The summed E-state index contributed by atoms with van der Waals surface area (Å²) in [5.41, 5.74) is 14.6. The number of nitrogens with zero attached hydrogens (tertiary/aromatic N) is 3. The van der Waals surface area contributed by atoms with Crippen LogP contribution >= 0.6 is 11.8 Å². The van der Waals surface area contributed by atoms with Crippen LogP contribution in [0.3, 0.4) is 0 Å². The first-order valence-electron chi connectivity index (χ1n) is 8.47. The maximum atomic E-state index is 13.5. The zero-order valence-electron chi connectivity index (χ0n) is 16.4. The van der Waals surface area contributed by atoms with E-state index < -0.39 is 5.82 Å². The predicted octanol–water partition coefficient (Wildman–Crippen LogP) is 4.85. The zero-order valence-corrected chi connectivity index (χ0v) is 17.2. The summed E-state index contributed by atoms with van der Waals surface area (Å²) in [6.45, 7) is 11.6. The molecule has 0 aliphatic rings. The van der Waals surface area contributed by atoms with Gasteiger partial charge in [-0.05, 0) is 62.1 Å². The number of carbonyl (C=O) groups excluding carboxylic acids is 1. The van der Waals surface area contributed by atoms with Crippen molar-refractivity contribution in [2.45, 2.75) is 21.3 Å². The molecule has 30 heavy (non-hydrogen) atoms. The molecule has 0 heterocycles. The summed E-state index contributed by atoms with van der Waals surface area (Å²) in [7, 11) is 0. The van der Waals surface area contributed by atoms with Crippen molar-refractivity contribution >= 4 is 28.5 Å². The second kappa shape index (κ2) is 18.7. The Morgan fingerprint density at radius 2 is 1.73 bits per heavy atom. The normalized spacial score (nSPS) is 8.53. The van der Waals surface area contributed by atoms with Crippen LogP contribution in [0, 0.1) is 17.3 Å². The molecule has 1 amide bonds. The molecule has 0 spiro atoms. The largest absolute Gasteiger partial charge is 0.343 e. The van der Waals surface area contributed by atoms with E-state index in [0.717, 1.165) is 11.8 Å². The average molecular weight is 425 g/mol. The van der Waals surface area contributed by atoms with Crippen molar-refractivity contribution in [1.82, 2.24) is 10.2 Å². The monoisotopic (exact) mass is 424 g/mol. The molecular formula is C23H25FN4OS. The lowest BCUT2D eigenvalue weighted by Gasteiger charge is -2.18. The van der Waals surface area contributed by atoms with E-state index in [2.05, 4.69) is 57.9 Å². The van der Waals surface area contributed by atoms with Crippen molar-refractivity contribution < 1.29 is 9.18 Å². The third kappa shape index (κ3) is 12.7.